The molecule has 0 aliphatic heterocycles. The summed E-state index contributed by atoms with van der Waals surface area (Å²) in [4.78, 5) is 12.8. The molecule has 1 unspecified atom stereocenters. The number of nitrogens with one attached hydrogen (secondary N) is 1. The topological polar surface area (TPSA) is 49.3 Å². The second-order valence-electron chi connectivity index (χ2n) is 4.96. The average Bonchev–Trinajstić information content (AvgIpc) is 3.16. The van der Waals surface area contributed by atoms with Crippen LogP contribution in [-0.2, 0) is 0 Å². The van der Waals surface area contributed by atoms with Crippen LogP contribution in [0.5, 0.6) is 0 Å². The van der Waals surface area contributed by atoms with Crippen molar-refractivity contribution in [3.8, 4) is 11.8 Å². The van der Waals surface area contributed by atoms with E-state index in [4.69, 9.17) is 5.11 Å². The zero-order valence-electron chi connectivity index (χ0n) is 11.1. The van der Waals surface area contributed by atoms with Crippen LogP contribution in [0.3, 0.4) is 0 Å². The first kappa shape index (κ1) is 14.1. The van der Waals surface area contributed by atoms with Gasteiger partial charge in [-0.3, -0.25) is 4.79 Å². The van der Waals surface area contributed by atoms with Gasteiger partial charge in [-0.15, -0.1) is 11.3 Å². The second kappa shape index (κ2) is 6.74. The normalized spacial score (nSPS) is 15.5. The maximum atomic E-state index is 12.1. The van der Waals surface area contributed by atoms with Gasteiger partial charge in [0.05, 0.1) is 6.61 Å². The third-order valence-electron chi connectivity index (χ3n) is 3.34. The smallest absolute Gasteiger partial charge is 0.262 e. The molecule has 0 spiro atoms. The molecule has 1 saturated carbocycles. The second-order valence-corrected chi connectivity index (χ2v) is 5.88. The summed E-state index contributed by atoms with van der Waals surface area (Å²) in [6, 6.07) is 1.86. The van der Waals surface area contributed by atoms with Crippen LogP contribution < -0.4 is 5.32 Å². The first-order valence-corrected chi connectivity index (χ1v) is 7.55. The van der Waals surface area contributed by atoms with Crippen LogP contribution >= 0.6 is 11.3 Å². The molecule has 0 saturated heterocycles. The molecule has 1 aliphatic carbocycles. The van der Waals surface area contributed by atoms with E-state index in [0.29, 0.717) is 17.2 Å². The summed E-state index contributed by atoms with van der Waals surface area (Å²) in [7, 11) is 0. The van der Waals surface area contributed by atoms with Gasteiger partial charge in [0.15, 0.2) is 0 Å². The first-order chi connectivity index (χ1) is 9.22. The molecule has 0 radical (unpaired) electrons. The fraction of sp³-hybridized carbons (Fsp3) is 0.533. The van der Waals surface area contributed by atoms with Crippen LogP contribution in [0.25, 0.3) is 0 Å². The van der Waals surface area contributed by atoms with E-state index in [1.54, 1.807) is 0 Å². The molecule has 1 amide bonds. The van der Waals surface area contributed by atoms with Gasteiger partial charge >= 0.3 is 0 Å². The quantitative estimate of drug-likeness (QED) is 0.811. The molecule has 2 N–H and O–H groups in total. The van der Waals surface area contributed by atoms with Crippen molar-refractivity contribution in [2.24, 2.45) is 11.8 Å². The average molecular weight is 277 g/mol. The van der Waals surface area contributed by atoms with E-state index in [1.807, 2.05) is 11.4 Å². The lowest BCUT2D eigenvalue weighted by Gasteiger charge is -2.10. The number of hydrogen-bond acceptors (Lipinski definition) is 3. The predicted octanol–water partition coefficient (Wildman–Crippen LogP) is 2.26. The third kappa shape index (κ3) is 4.09. The lowest BCUT2D eigenvalue weighted by atomic mass is 10.1. The van der Waals surface area contributed by atoms with Crippen LogP contribution in [0.1, 0.15) is 41.4 Å². The van der Waals surface area contributed by atoms with Crippen molar-refractivity contribution in [2.45, 2.75) is 26.2 Å². The van der Waals surface area contributed by atoms with E-state index >= 15 is 0 Å². The van der Waals surface area contributed by atoms with Gasteiger partial charge in [0.25, 0.3) is 5.91 Å². The van der Waals surface area contributed by atoms with Gasteiger partial charge in [-0.1, -0.05) is 18.8 Å². The Balaban J connectivity index is 1.91. The van der Waals surface area contributed by atoms with Crippen LogP contribution in [0.4, 0.5) is 0 Å². The molecule has 3 nitrogen and oxygen atoms in total. The monoisotopic (exact) mass is 277 g/mol. The highest BCUT2D eigenvalue weighted by molar-refractivity contribution is 7.12. The lowest BCUT2D eigenvalue weighted by molar-refractivity contribution is 0.0950. The number of aliphatic hydroxyl groups is 1. The van der Waals surface area contributed by atoms with Crippen molar-refractivity contribution in [3.05, 3.63) is 21.9 Å². The van der Waals surface area contributed by atoms with Gasteiger partial charge in [0.2, 0.25) is 0 Å². The molecule has 4 heteroatoms. The molecule has 1 heterocycles. The fourth-order valence-corrected chi connectivity index (χ4v) is 2.73. The van der Waals surface area contributed by atoms with Crippen molar-refractivity contribution in [2.75, 3.05) is 13.2 Å². The summed E-state index contributed by atoms with van der Waals surface area (Å²) in [5, 5.41) is 13.6. The Morgan fingerprint density at radius 2 is 2.42 bits per heavy atom. The molecular formula is C15H19NO2S. The van der Waals surface area contributed by atoms with Crippen molar-refractivity contribution in [3.63, 3.8) is 0 Å². The highest BCUT2D eigenvalue weighted by Crippen LogP contribution is 2.36. The van der Waals surface area contributed by atoms with E-state index in [1.165, 1.54) is 24.2 Å². The Labute approximate surface area is 118 Å². The molecule has 1 fully saturated rings. The fourth-order valence-electron chi connectivity index (χ4n) is 1.96. The number of amides is 1. The zero-order chi connectivity index (χ0) is 13.7. The Kier molecular flexibility index (Phi) is 5.00. The van der Waals surface area contributed by atoms with Crippen molar-refractivity contribution in [1.29, 1.82) is 0 Å². The third-order valence-corrected chi connectivity index (χ3v) is 4.26. The molecule has 1 aliphatic rings. The number of hydrogen-bond donors (Lipinski definition) is 2. The summed E-state index contributed by atoms with van der Waals surface area (Å²) in [6.45, 7) is 2.98. The van der Waals surface area contributed by atoms with E-state index in [-0.39, 0.29) is 12.5 Å². The molecule has 102 valence electrons. The van der Waals surface area contributed by atoms with Gasteiger partial charge in [0.1, 0.15) is 4.88 Å². The highest BCUT2D eigenvalue weighted by atomic mass is 32.1. The van der Waals surface area contributed by atoms with Gasteiger partial charge in [-0.25, -0.2) is 0 Å². The Morgan fingerprint density at radius 1 is 1.63 bits per heavy atom. The van der Waals surface area contributed by atoms with E-state index in [0.717, 1.165) is 18.0 Å². The Morgan fingerprint density at radius 3 is 3.11 bits per heavy atom. The van der Waals surface area contributed by atoms with Crippen LogP contribution in [0, 0.1) is 23.7 Å². The Bertz CT molecular complexity index is 494. The van der Waals surface area contributed by atoms with Gasteiger partial charge in [-0.2, -0.15) is 0 Å². The summed E-state index contributed by atoms with van der Waals surface area (Å²) < 4.78 is 0. The van der Waals surface area contributed by atoms with Gasteiger partial charge < -0.3 is 10.4 Å². The number of rotatable bonds is 5. The minimum Gasteiger partial charge on any atom is -0.395 e. The number of aliphatic hydroxyl groups excluding tert-OH is 1. The van der Waals surface area contributed by atoms with Crippen LogP contribution in [-0.4, -0.2) is 24.2 Å². The minimum atomic E-state index is -0.0317. The predicted molar refractivity (Wildman–Crippen MR) is 77.1 cm³/mol. The SMILES string of the molecule is CC(CNC(=O)c1sccc1C#CCCO)C1CC1. The van der Waals surface area contributed by atoms with Crippen molar-refractivity contribution < 1.29 is 9.90 Å². The van der Waals surface area contributed by atoms with E-state index in [9.17, 15) is 4.79 Å². The molecule has 2 rings (SSSR count). The molecule has 1 atom stereocenters. The van der Waals surface area contributed by atoms with Crippen molar-refractivity contribution in [1.82, 2.24) is 5.32 Å². The molecule has 19 heavy (non-hydrogen) atoms. The van der Waals surface area contributed by atoms with Gasteiger partial charge in [0, 0.05) is 18.5 Å². The molecular weight excluding hydrogens is 258 g/mol. The maximum Gasteiger partial charge on any atom is 0.262 e. The van der Waals surface area contributed by atoms with Crippen LogP contribution in [0.15, 0.2) is 11.4 Å². The number of thiophene rings is 1. The minimum absolute atomic E-state index is 0.0317. The van der Waals surface area contributed by atoms with E-state index < -0.39 is 0 Å². The number of carbonyl (C=O) groups is 1. The Hall–Kier alpha value is -1.31. The highest BCUT2D eigenvalue weighted by Gasteiger charge is 2.28. The number of carbonyl (C=O) groups excluding carboxylic acids is 1. The standard InChI is InChI=1S/C15H19NO2S/c1-11(12-5-6-12)10-16-15(18)14-13(7-9-19-14)4-2-3-8-17/h7,9,11-12,17H,3,5-6,8,10H2,1H3,(H,16,18). The maximum absolute atomic E-state index is 12.1. The van der Waals surface area contributed by atoms with E-state index in [2.05, 4.69) is 24.1 Å². The van der Waals surface area contributed by atoms with Crippen LogP contribution in [0.2, 0.25) is 0 Å². The first-order valence-electron chi connectivity index (χ1n) is 6.67. The van der Waals surface area contributed by atoms with Crippen molar-refractivity contribution >= 4 is 17.2 Å². The summed E-state index contributed by atoms with van der Waals surface area (Å²) in [5.74, 6) is 7.12. The zero-order valence-corrected chi connectivity index (χ0v) is 11.9. The summed E-state index contributed by atoms with van der Waals surface area (Å²) in [5.41, 5.74) is 0.759. The molecule has 1 aromatic rings. The largest absolute Gasteiger partial charge is 0.395 e. The molecule has 0 bridgehead atoms. The molecule has 1 aromatic heterocycles. The summed E-state index contributed by atoms with van der Waals surface area (Å²) >= 11 is 1.41. The molecule has 0 aromatic carbocycles. The lowest BCUT2D eigenvalue weighted by Crippen LogP contribution is -2.28. The van der Waals surface area contributed by atoms with Gasteiger partial charge in [-0.05, 0) is 36.1 Å². The summed E-state index contributed by atoms with van der Waals surface area (Å²) in [6.07, 6.45) is 3.04.